The van der Waals surface area contributed by atoms with Crippen LogP contribution in [0.3, 0.4) is 0 Å². The van der Waals surface area contributed by atoms with Crippen molar-refractivity contribution >= 4 is 22.1 Å². The Hall–Kier alpha value is -2.30. The topological polar surface area (TPSA) is 81.2 Å². The first-order valence-electron chi connectivity index (χ1n) is 5.54. The third-order valence-electron chi connectivity index (χ3n) is 2.63. The average Bonchev–Trinajstić information content (AvgIpc) is 2.36. The largest absolute Gasteiger partial charge is 0.505 e. The summed E-state index contributed by atoms with van der Waals surface area (Å²) in [5, 5.41) is 22.7. The van der Waals surface area contributed by atoms with Gasteiger partial charge < -0.3 is 5.11 Å². The molecule has 0 radical (unpaired) electrons. The van der Waals surface area contributed by atoms with E-state index >= 15 is 0 Å². The van der Waals surface area contributed by atoms with E-state index in [4.69, 9.17) is 1.41 Å². The predicted octanol–water partition coefficient (Wildman–Crippen LogP) is 4.23. The van der Waals surface area contributed by atoms with E-state index in [2.05, 4.69) is 20.9 Å². The summed E-state index contributed by atoms with van der Waals surface area (Å²) < 4.78 is 6.84. The number of phenolic OH excluding ortho intramolecular Hbond substituents is 1. The minimum Gasteiger partial charge on any atom is -0.505 e. The fourth-order valence-corrected chi connectivity index (χ4v) is 1.79. The fourth-order valence-electron chi connectivity index (χ4n) is 1.79. The van der Waals surface area contributed by atoms with Crippen LogP contribution in [0, 0.1) is 12.4 Å². The predicted molar refractivity (Wildman–Crippen MR) is 65.6 cm³/mol. The molecule has 0 atom stereocenters. The number of fused-ring (bicyclic) bond motifs is 1. The van der Waals surface area contributed by atoms with Crippen LogP contribution in [0.5, 0.6) is 5.75 Å². The zero-order valence-corrected chi connectivity index (χ0v) is 9.55. The summed E-state index contributed by atoms with van der Waals surface area (Å²) in [6.07, 6.45) is 0. The smallest absolute Gasteiger partial charge is 0.214 e. The Balaban J connectivity index is 2.81. The molecule has 0 fully saturated rings. The lowest BCUT2D eigenvalue weighted by molar-refractivity contribution is 0.482. The highest BCUT2D eigenvalue weighted by atomic mass is 16.3. The maximum atomic E-state index is 10.1. The van der Waals surface area contributed by atoms with Gasteiger partial charge in [-0.2, -0.15) is 15.3 Å². The summed E-state index contributed by atoms with van der Waals surface area (Å²) >= 11 is 0. The van der Waals surface area contributed by atoms with Crippen molar-refractivity contribution in [3.8, 4) is 5.75 Å². The first-order chi connectivity index (χ1) is 8.69. The highest BCUT2D eigenvalue weighted by Gasteiger charge is 2.10. The number of phenols is 1. The van der Waals surface area contributed by atoms with Gasteiger partial charge in [-0.3, -0.25) is 0 Å². The molecule has 2 rings (SSSR count). The van der Waals surface area contributed by atoms with Gasteiger partial charge in [0.15, 0.2) is 5.75 Å². The number of benzene rings is 2. The van der Waals surface area contributed by atoms with E-state index in [1.54, 1.807) is 25.2 Å². The molecule has 0 bridgehead atoms. The van der Waals surface area contributed by atoms with Crippen molar-refractivity contribution in [1.82, 2.24) is 0 Å². The van der Waals surface area contributed by atoms with E-state index in [0.717, 1.165) is 10.9 Å². The number of aromatic hydroxyl groups is 1. The molecule has 0 unspecified atom stereocenters. The Labute approximate surface area is 99.8 Å². The van der Waals surface area contributed by atoms with Gasteiger partial charge in [0.2, 0.25) is 1.41 Å². The van der Waals surface area contributed by atoms with Crippen LogP contribution in [0.4, 0.5) is 11.4 Å². The summed E-state index contributed by atoms with van der Waals surface area (Å²) in [4.78, 5) is 0. The van der Waals surface area contributed by atoms with Gasteiger partial charge in [-0.1, -0.05) is 12.1 Å². The number of azo groups is 1. The quantitative estimate of drug-likeness (QED) is 0.742. The second-order valence-electron chi connectivity index (χ2n) is 3.66. The molecule has 0 saturated carbocycles. The van der Waals surface area contributed by atoms with E-state index in [9.17, 15) is 5.11 Å². The molecule has 86 valence electrons. The molecule has 0 heterocycles. The summed E-state index contributed by atoms with van der Waals surface area (Å²) in [7, 11) is 1.54. The second kappa shape index (κ2) is 4.29. The van der Waals surface area contributed by atoms with Crippen molar-refractivity contribution in [2.45, 2.75) is 6.92 Å². The number of nitrogens with one attached hydrogen (secondary N) is 1. The molecule has 0 aliphatic heterocycles. The van der Waals surface area contributed by atoms with Crippen molar-refractivity contribution in [3.63, 3.8) is 0 Å². The Morgan fingerprint density at radius 1 is 1.24 bits per heavy atom. The van der Waals surface area contributed by atoms with Crippen LogP contribution in [0.2, 0.25) is 1.41 Å². The molecule has 2 N–H and O–H groups in total. The molecular formula is C12H12N4O. The lowest BCUT2D eigenvalue weighted by Gasteiger charge is -2.07. The lowest BCUT2D eigenvalue weighted by Crippen LogP contribution is -1.80. The van der Waals surface area contributed by atoms with Crippen LogP contribution in [-0.4, -0.2) is 12.2 Å². The molecule has 0 aliphatic carbocycles. The standard InChI is InChI=1S/C12H12N4O/c1-7-3-4-9-8(11(7)15-13)5-6-10(12(9)17)16-14-2/h3-6,13,17H,1-2H3/i/hD. The molecule has 5 nitrogen and oxygen atoms in total. The van der Waals surface area contributed by atoms with Crippen LogP contribution in [-0.2, 0) is 0 Å². The van der Waals surface area contributed by atoms with E-state index in [0.29, 0.717) is 16.8 Å². The molecular weight excluding hydrogens is 216 g/mol. The maximum Gasteiger partial charge on any atom is 0.214 e. The van der Waals surface area contributed by atoms with Gasteiger partial charge >= 0.3 is 0 Å². The van der Waals surface area contributed by atoms with E-state index in [1.807, 2.05) is 13.0 Å². The van der Waals surface area contributed by atoms with Crippen LogP contribution in [0.1, 0.15) is 5.56 Å². The Kier molecular flexibility index (Phi) is 2.50. The Morgan fingerprint density at radius 2 is 2.00 bits per heavy atom. The first kappa shape index (κ1) is 9.89. The van der Waals surface area contributed by atoms with Crippen LogP contribution < -0.4 is 0 Å². The van der Waals surface area contributed by atoms with Gasteiger partial charge in [-0.05, 0) is 24.6 Å². The van der Waals surface area contributed by atoms with Crippen LogP contribution in [0.15, 0.2) is 39.6 Å². The monoisotopic (exact) mass is 229 g/mol. The van der Waals surface area contributed by atoms with E-state index in [-0.39, 0.29) is 5.75 Å². The van der Waals surface area contributed by atoms with Gasteiger partial charge in [0, 0.05) is 17.8 Å². The molecule has 2 aromatic rings. The molecule has 2 aromatic carbocycles. The minimum atomic E-state index is 0.0551. The third-order valence-corrected chi connectivity index (χ3v) is 2.63. The summed E-state index contributed by atoms with van der Waals surface area (Å²) in [6.45, 7) is 1.88. The number of rotatable bonds is 2. The molecule has 0 amide bonds. The first-order valence-corrected chi connectivity index (χ1v) is 5.09. The highest BCUT2D eigenvalue weighted by molar-refractivity contribution is 6.00. The number of hydrogen-bond acceptors (Lipinski definition) is 5. The Bertz CT molecular complexity index is 652. The van der Waals surface area contributed by atoms with Crippen molar-refractivity contribution < 1.29 is 6.52 Å². The molecule has 17 heavy (non-hydrogen) atoms. The highest BCUT2D eigenvalue weighted by Crippen LogP contribution is 2.39. The normalized spacial score (nSPS) is 12.7. The molecule has 0 aromatic heterocycles. The van der Waals surface area contributed by atoms with Crippen molar-refractivity contribution in [3.05, 3.63) is 29.8 Å². The van der Waals surface area contributed by atoms with Gasteiger partial charge in [0.25, 0.3) is 0 Å². The maximum absolute atomic E-state index is 10.1. The number of nitrogens with zero attached hydrogens (tertiary/aromatic N) is 3. The van der Waals surface area contributed by atoms with Gasteiger partial charge in [0.05, 0.1) is 5.69 Å². The molecule has 0 spiro atoms. The van der Waals surface area contributed by atoms with Crippen molar-refractivity contribution in [1.29, 1.82) is 5.52 Å². The summed E-state index contributed by atoms with van der Waals surface area (Å²) in [5.41, 5.74) is 4.93. The van der Waals surface area contributed by atoms with Crippen molar-refractivity contribution in [2.24, 2.45) is 15.3 Å². The molecule has 0 aliphatic rings. The van der Waals surface area contributed by atoms with Crippen LogP contribution >= 0.6 is 0 Å². The van der Waals surface area contributed by atoms with Crippen LogP contribution in [0.25, 0.3) is 10.8 Å². The summed E-state index contributed by atoms with van der Waals surface area (Å²) in [5.74, 6) is 0.0551. The zero-order chi connectivity index (χ0) is 13.1. The van der Waals surface area contributed by atoms with Crippen molar-refractivity contribution in [2.75, 3.05) is 7.05 Å². The van der Waals surface area contributed by atoms with Gasteiger partial charge in [-0.15, -0.1) is 0 Å². The SMILES string of the molecule is [2H]N=Nc1c(C)ccc2c(O)c(N=NC)ccc12. The van der Waals surface area contributed by atoms with E-state index < -0.39 is 0 Å². The van der Waals surface area contributed by atoms with E-state index in [1.165, 1.54) is 0 Å². The Morgan fingerprint density at radius 3 is 2.71 bits per heavy atom. The summed E-state index contributed by atoms with van der Waals surface area (Å²) in [6, 6.07) is 7.06. The van der Waals surface area contributed by atoms with Gasteiger partial charge in [0.1, 0.15) is 5.69 Å². The minimum absolute atomic E-state index is 0.0551. The number of aryl methyl sites for hydroxylation is 1. The lowest BCUT2D eigenvalue weighted by atomic mass is 10.0. The number of hydrogen-bond donors (Lipinski definition) is 2. The second-order valence-corrected chi connectivity index (χ2v) is 3.66. The molecule has 5 heteroatoms. The molecule has 0 saturated heterocycles. The zero-order valence-electron chi connectivity index (χ0n) is 10.5. The third kappa shape index (κ3) is 1.75. The van der Waals surface area contributed by atoms with Gasteiger partial charge in [-0.25, -0.2) is 5.52 Å². The fraction of sp³-hybridized carbons (Fsp3) is 0.167. The average molecular weight is 229 g/mol.